The van der Waals surface area contributed by atoms with Gasteiger partial charge in [0, 0.05) is 24.0 Å². The summed E-state index contributed by atoms with van der Waals surface area (Å²) in [5, 5.41) is 3.02. The highest BCUT2D eigenvalue weighted by Crippen LogP contribution is 2.21. The number of aryl methyl sites for hydroxylation is 1. The third-order valence-corrected chi connectivity index (χ3v) is 5.10. The molecule has 24 heavy (non-hydrogen) atoms. The van der Waals surface area contributed by atoms with Gasteiger partial charge in [-0.25, -0.2) is 4.98 Å². The van der Waals surface area contributed by atoms with Gasteiger partial charge in [-0.15, -0.1) is 11.3 Å². The van der Waals surface area contributed by atoms with E-state index in [1.807, 2.05) is 41.5 Å². The lowest BCUT2D eigenvalue weighted by Crippen LogP contribution is -2.42. The Bertz CT molecular complexity index is 701. The number of nitrogens with two attached hydrogens (primary N) is 1. The number of thiazole rings is 1. The molecule has 1 amide bonds. The number of aromatic nitrogens is 1. The predicted octanol–water partition coefficient (Wildman–Crippen LogP) is 2.84. The summed E-state index contributed by atoms with van der Waals surface area (Å²) in [6.07, 6.45) is 2.13. The Balaban J connectivity index is 1.64. The Morgan fingerprint density at radius 3 is 3.12 bits per heavy atom. The Labute approximate surface area is 146 Å². The lowest BCUT2D eigenvalue weighted by atomic mass is 9.97. The smallest absolute Gasteiger partial charge is 0.253 e. The van der Waals surface area contributed by atoms with E-state index < -0.39 is 0 Å². The minimum atomic E-state index is 0.0584. The van der Waals surface area contributed by atoms with Crippen LogP contribution >= 0.6 is 11.3 Å². The predicted molar refractivity (Wildman–Crippen MR) is 95.3 cm³/mol. The number of rotatable bonds is 5. The summed E-state index contributed by atoms with van der Waals surface area (Å²) in [6.45, 7) is 4.58. The Morgan fingerprint density at radius 2 is 2.38 bits per heavy atom. The second-order valence-electron chi connectivity index (χ2n) is 6.17. The number of likely N-dealkylation sites (tertiary alicyclic amines) is 1. The molecule has 0 radical (unpaired) electrons. The molecule has 1 saturated heterocycles. The number of ether oxygens (including phenoxy) is 1. The fourth-order valence-corrected chi connectivity index (χ4v) is 3.57. The van der Waals surface area contributed by atoms with Crippen LogP contribution in [0.25, 0.3) is 0 Å². The van der Waals surface area contributed by atoms with E-state index >= 15 is 0 Å². The average Bonchev–Trinajstić information content (AvgIpc) is 3.05. The van der Waals surface area contributed by atoms with Crippen molar-refractivity contribution in [1.82, 2.24) is 9.88 Å². The first-order valence-corrected chi connectivity index (χ1v) is 9.17. The molecular weight excluding hydrogens is 322 g/mol. The third-order valence-electron chi connectivity index (χ3n) is 4.27. The number of piperidine rings is 1. The topological polar surface area (TPSA) is 68.5 Å². The van der Waals surface area contributed by atoms with Gasteiger partial charge in [0.15, 0.2) is 0 Å². The van der Waals surface area contributed by atoms with E-state index in [1.54, 1.807) is 11.3 Å². The van der Waals surface area contributed by atoms with E-state index in [-0.39, 0.29) is 5.91 Å². The van der Waals surface area contributed by atoms with Gasteiger partial charge < -0.3 is 15.4 Å². The molecule has 2 aromatic rings. The quantitative estimate of drug-likeness (QED) is 0.905. The molecular formula is C18H23N3O2S. The molecule has 0 aliphatic carbocycles. The number of amides is 1. The van der Waals surface area contributed by atoms with Crippen molar-refractivity contribution in [2.75, 3.05) is 19.6 Å². The van der Waals surface area contributed by atoms with Crippen molar-refractivity contribution in [3.63, 3.8) is 0 Å². The minimum Gasteiger partial charge on any atom is -0.487 e. The lowest BCUT2D eigenvalue weighted by Gasteiger charge is -2.32. The maximum absolute atomic E-state index is 12.7. The Hall–Kier alpha value is -1.92. The van der Waals surface area contributed by atoms with Crippen LogP contribution in [-0.2, 0) is 6.61 Å². The van der Waals surface area contributed by atoms with Gasteiger partial charge in [-0.3, -0.25) is 4.79 Å². The fourth-order valence-electron chi connectivity index (χ4n) is 2.98. The average molecular weight is 345 g/mol. The van der Waals surface area contributed by atoms with Crippen molar-refractivity contribution < 1.29 is 9.53 Å². The van der Waals surface area contributed by atoms with E-state index in [1.165, 1.54) is 0 Å². The van der Waals surface area contributed by atoms with Crippen molar-refractivity contribution in [1.29, 1.82) is 0 Å². The van der Waals surface area contributed by atoms with Crippen molar-refractivity contribution in [2.24, 2.45) is 11.7 Å². The molecule has 1 aromatic heterocycles. The molecule has 5 nitrogen and oxygen atoms in total. The molecule has 2 N–H and O–H groups in total. The van der Waals surface area contributed by atoms with Crippen LogP contribution < -0.4 is 10.5 Å². The summed E-state index contributed by atoms with van der Waals surface area (Å²) in [6, 6.07) is 7.38. The Morgan fingerprint density at radius 1 is 1.50 bits per heavy atom. The van der Waals surface area contributed by atoms with Crippen molar-refractivity contribution >= 4 is 17.2 Å². The molecule has 1 aliphatic heterocycles. The van der Waals surface area contributed by atoms with Gasteiger partial charge in [0.1, 0.15) is 12.4 Å². The number of carbonyl (C=O) groups excluding carboxylic acids is 1. The molecule has 0 saturated carbocycles. The molecule has 128 valence electrons. The van der Waals surface area contributed by atoms with E-state index in [2.05, 4.69) is 4.98 Å². The van der Waals surface area contributed by atoms with Crippen LogP contribution in [0.3, 0.4) is 0 Å². The number of carbonyl (C=O) groups is 1. The SMILES string of the molecule is Cc1nc(COc2cccc(C(=O)N3CCCC(CN)C3)c2)cs1. The standard InChI is InChI=1S/C18H23N3O2S/c1-13-20-16(12-24-13)11-23-17-6-2-5-15(8-17)18(22)21-7-3-4-14(9-19)10-21/h2,5-6,8,12,14H,3-4,7,9-11,19H2,1H3. The van der Waals surface area contributed by atoms with Crippen LogP contribution in [0.15, 0.2) is 29.6 Å². The van der Waals surface area contributed by atoms with Crippen molar-refractivity contribution in [3.05, 3.63) is 45.9 Å². The van der Waals surface area contributed by atoms with Gasteiger partial charge in [0.25, 0.3) is 5.91 Å². The van der Waals surface area contributed by atoms with Gasteiger partial charge in [-0.2, -0.15) is 0 Å². The van der Waals surface area contributed by atoms with E-state index in [4.69, 9.17) is 10.5 Å². The van der Waals surface area contributed by atoms with E-state index in [0.717, 1.165) is 36.6 Å². The molecule has 6 heteroatoms. The van der Waals surface area contributed by atoms with E-state index in [0.29, 0.717) is 30.4 Å². The Kier molecular flexibility index (Phi) is 5.48. The number of benzene rings is 1. The maximum Gasteiger partial charge on any atom is 0.253 e. The molecule has 3 rings (SSSR count). The summed E-state index contributed by atoms with van der Waals surface area (Å²) in [5.74, 6) is 1.16. The summed E-state index contributed by atoms with van der Waals surface area (Å²) in [4.78, 5) is 19.0. The number of nitrogens with zero attached hydrogens (tertiary/aromatic N) is 2. The number of hydrogen-bond acceptors (Lipinski definition) is 5. The van der Waals surface area contributed by atoms with Gasteiger partial charge in [0.05, 0.1) is 10.7 Å². The van der Waals surface area contributed by atoms with Gasteiger partial charge in [-0.05, 0) is 50.4 Å². The van der Waals surface area contributed by atoms with Crippen LogP contribution in [0.5, 0.6) is 5.75 Å². The van der Waals surface area contributed by atoms with Crippen molar-refractivity contribution in [2.45, 2.75) is 26.4 Å². The maximum atomic E-state index is 12.7. The van der Waals surface area contributed by atoms with Crippen molar-refractivity contribution in [3.8, 4) is 5.75 Å². The number of hydrogen-bond donors (Lipinski definition) is 1. The molecule has 1 atom stereocenters. The first kappa shape index (κ1) is 16.9. The summed E-state index contributed by atoms with van der Waals surface area (Å²) in [5.41, 5.74) is 7.34. The molecule has 2 heterocycles. The van der Waals surface area contributed by atoms with E-state index in [9.17, 15) is 4.79 Å². The highest BCUT2D eigenvalue weighted by molar-refractivity contribution is 7.09. The third kappa shape index (κ3) is 4.13. The zero-order valence-corrected chi connectivity index (χ0v) is 14.7. The normalized spacial score (nSPS) is 17.8. The zero-order chi connectivity index (χ0) is 16.9. The van der Waals surface area contributed by atoms with Gasteiger partial charge in [0.2, 0.25) is 0 Å². The van der Waals surface area contributed by atoms with Crippen LogP contribution in [0.4, 0.5) is 0 Å². The molecule has 1 unspecified atom stereocenters. The summed E-state index contributed by atoms with van der Waals surface area (Å²) < 4.78 is 5.78. The van der Waals surface area contributed by atoms with Crippen LogP contribution in [0.1, 0.15) is 33.9 Å². The largest absolute Gasteiger partial charge is 0.487 e. The molecule has 1 aliphatic rings. The van der Waals surface area contributed by atoms with Gasteiger partial charge >= 0.3 is 0 Å². The van der Waals surface area contributed by atoms with Crippen LogP contribution in [0.2, 0.25) is 0 Å². The molecule has 0 bridgehead atoms. The second-order valence-corrected chi connectivity index (χ2v) is 7.23. The first-order valence-electron chi connectivity index (χ1n) is 8.29. The molecule has 1 aromatic carbocycles. The first-order chi connectivity index (χ1) is 11.7. The molecule has 1 fully saturated rings. The summed E-state index contributed by atoms with van der Waals surface area (Å²) >= 11 is 1.61. The van der Waals surface area contributed by atoms with Crippen LogP contribution in [-0.4, -0.2) is 35.4 Å². The van der Waals surface area contributed by atoms with Crippen LogP contribution in [0, 0.1) is 12.8 Å². The minimum absolute atomic E-state index is 0.0584. The second kappa shape index (κ2) is 7.77. The molecule has 0 spiro atoms. The summed E-state index contributed by atoms with van der Waals surface area (Å²) in [7, 11) is 0. The fraction of sp³-hybridized carbons (Fsp3) is 0.444. The van der Waals surface area contributed by atoms with Gasteiger partial charge in [-0.1, -0.05) is 6.07 Å². The highest BCUT2D eigenvalue weighted by atomic mass is 32.1. The highest BCUT2D eigenvalue weighted by Gasteiger charge is 2.23. The zero-order valence-electron chi connectivity index (χ0n) is 13.9. The monoisotopic (exact) mass is 345 g/mol. The lowest BCUT2D eigenvalue weighted by molar-refractivity contribution is 0.0677.